The third-order valence-electron chi connectivity index (χ3n) is 4.25. The van der Waals surface area contributed by atoms with Crippen molar-refractivity contribution in [1.29, 1.82) is 5.26 Å². The fourth-order valence-corrected chi connectivity index (χ4v) is 2.94. The summed E-state index contributed by atoms with van der Waals surface area (Å²) in [6.45, 7) is 6.71. The predicted octanol–water partition coefficient (Wildman–Crippen LogP) is 3.52. The number of benzene rings is 1. The Labute approximate surface area is 166 Å². The lowest BCUT2D eigenvalue weighted by Crippen LogP contribution is -2.46. The van der Waals surface area contributed by atoms with E-state index in [1.165, 1.54) is 5.56 Å². The summed E-state index contributed by atoms with van der Waals surface area (Å²) in [5, 5.41) is 23.1. The van der Waals surface area contributed by atoms with Gasteiger partial charge < -0.3 is 15.2 Å². The van der Waals surface area contributed by atoms with Gasteiger partial charge in [0.1, 0.15) is 30.1 Å². The number of aromatic nitrogens is 1. The Bertz CT molecular complexity index is 802. The van der Waals surface area contributed by atoms with Crippen LogP contribution in [-0.2, 0) is 12.8 Å². The molecule has 0 bridgehead atoms. The molecule has 2 rings (SSSR count). The fourth-order valence-electron chi connectivity index (χ4n) is 2.73. The van der Waals surface area contributed by atoms with E-state index in [9.17, 15) is 5.11 Å². The van der Waals surface area contributed by atoms with Crippen molar-refractivity contribution in [3.8, 4) is 11.8 Å². The third kappa shape index (κ3) is 6.51. The molecule has 1 heterocycles. The van der Waals surface area contributed by atoms with Crippen LogP contribution in [0.25, 0.3) is 0 Å². The largest absolute Gasteiger partial charge is 0.489 e. The monoisotopic (exact) mass is 387 g/mol. The highest BCUT2D eigenvalue weighted by Gasteiger charge is 2.20. The van der Waals surface area contributed by atoms with Gasteiger partial charge in [-0.25, -0.2) is 0 Å². The zero-order valence-corrected chi connectivity index (χ0v) is 16.8. The molecule has 1 unspecified atom stereocenters. The summed E-state index contributed by atoms with van der Waals surface area (Å²) in [5.74, 6) is 0.379. The van der Waals surface area contributed by atoms with Gasteiger partial charge in [0.25, 0.3) is 0 Å². The van der Waals surface area contributed by atoms with Crippen molar-refractivity contribution in [1.82, 2.24) is 10.3 Å². The molecule has 0 aliphatic heterocycles. The van der Waals surface area contributed by atoms with Crippen molar-refractivity contribution in [2.24, 2.45) is 0 Å². The standard InChI is InChI=1S/C21H26ClN3O2/c1-4-15-8-9-24-16(10-15)11-21(2,3)25-13-17(26)14-27-20-7-5-6-19(22)18(20)12-23/h5-10,17,25-26H,4,11,13-14H2,1-3H3. The molecule has 1 atom stereocenters. The minimum Gasteiger partial charge on any atom is -0.489 e. The Morgan fingerprint density at radius 1 is 1.37 bits per heavy atom. The van der Waals surface area contributed by atoms with Crippen molar-refractivity contribution in [3.05, 3.63) is 58.4 Å². The number of aryl methyl sites for hydroxylation is 1. The molecule has 6 heteroatoms. The number of rotatable bonds is 9. The number of ether oxygens (including phenoxy) is 1. The average Bonchev–Trinajstić information content (AvgIpc) is 2.64. The first-order valence-corrected chi connectivity index (χ1v) is 9.40. The zero-order chi connectivity index (χ0) is 19.9. The van der Waals surface area contributed by atoms with Crippen LogP contribution in [0.3, 0.4) is 0 Å². The number of hydrogen-bond donors (Lipinski definition) is 2. The van der Waals surface area contributed by atoms with E-state index in [2.05, 4.69) is 37.1 Å². The van der Waals surface area contributed by atoms with Gasteiger partial charge in [-0.1, -0.05) is 24.6 Å². The van der Waals surface area contributed by atoms with E-state index < -0.39 is 6.10 Å². The summed E-state index contributed by atoms with van der Waals surface area (Å²) in [4.78, 5) is 4.43. The summed E-state index contributed by atoms with van der Waals surface area (Å²) in [5.41, 5.74) is 2.34. The van der Waals surface area contributed by atoms with Crippen LogP contribution in [0.15, 0.2) is 36.5 Å². The molecule has 0 aliphatic carbocycles. The zero-order valence-electron chi connectivity index (χ0n) is 16.0. The number of nitrogens with one attached hydrogen (secondary N) is 1. The van der Waals surface area contributed by atoms with Crippen molar-refractivity contribution in [3.63, 3.8) is 0 Å². The van der Waals surface area contributed by atoms with Gasteiger partial charge >= 0.3 is 0 Å². The summed E-state index contributed by atoms with van der Waals surface area (Å²) < 4.78 is 5.58. The minimum atomic E-state index is -0.718. The van der Waals surface area contributed by atoms with Gasteiger partial charge in [0.05, 0.1) is 5.02 Å². The van der Waals surface area contributed by atoms with Crippen LogP contribution in [0.4, 0.5) is 0 Å². The molecule has 5 nitrogen and oxygen atoms in total. The van der Waals surface area contributed by atoms with Crippen LogP contribution in [0.5, 0.6) is 5.75 Å². The first kappa shape index (κ1) is 21.2. The van der Waals surface area contributed by atoms with Crippen molar-refractivity contribution in [2.45, 2.75) is 45.3 Å². The molecule has 0 amide bonds. The molecule has 0 saturated heterocycles. The smallest absolute Gasteiger partial charge is 0.138 e. The quantitative estimate of drug-likeness (QED) is 0.688. The summed E-state index contributed by atoms with van der Waals surface area (Å²) in [7, 11) is 0. The van der Waals surface area contributed by atoms with Crippen LogP contribution in [0.2, 0.25) is 5.02 Å². The molecule has 27 heavy (non-hydrogen) atoms. The maximum atomic E-state index is 10.2. The number of halogens is 1. The van der Waals surface area contributed by atoms with Crippen LogP contribution >= 0.6 is 11.6 Å². The molecule has 0 fully saturated rings. The number of hydrogen-bond acceptors (Lipinski definition) is 5. The molecule has 0 radical (unpaired) electrons. The Morgan fingerprint density at radius 3 is 2.85 bits per heavy atom. The second-order valence-corrected chi connectivity index (χ2v) is 7.55. The van der Waals surface area contributed by atoms with Crippen molar-refractivity contribution < 1.29 is 9.84 Å². The molecule has 2 N–H and O–H groups in total. The number of pyridine rings is 1. The molecule has 1 aromatic carbocycles. The van der Waals surface area contributed by atoms with Gasteiger partial charge in [0.2, 0.25) is 0 Å². The van der Waals surface area contributed by atoms with Crippen molar-refractivity contribution in [2.75, 3.05) is 13.2 Å². The Balaban J connectivity index is 1.86. The van der Waals surface area contributed by atoms with E-state index in [1.807, 2.05) is 18.3 Å². The molecule has 2 aromatic rings. The fraction of sp³-hybridized carbons (Fsp3) is 0.429. The van der Waals surface area contributed by atoms with Crippen molar-refractivity contribution >= 4 is 11.6 Å². The highest BCUT2D eigenvalue weighted by molar-refractivity contribution is 6.31. The highest BCUT2D eigenvalue weighted by Crippen LogP contribution is 2.25. The number of β-amino-alcohol motifs (C(OH)–C–C–N with tert-alkyl or cyclic N) is 1. The Morgan fingerprint density at radius 2 is 2.15 bits per heavy atom. The maximum absolute atomic E-state index is 10.2. The van der Waals surface area contributed by atoms with Gasteiger partial charge in [0.15, 0.2) is 0 Å². The van der Waals surface area contributed by atoms with E-state index >= 15 is 0 Å². The molecule has 0 saturated carbocycles. The lowest BCUT2D eigenvalue weighted by Gasteiger charge is -2.27. The first-order valence-electron chi connectivity index (χ1n) is 9.03. The number of aliphatic hydroxyl groups excluding tert-OH is 1. The summed E-state index contributed by atoms with van der Waals surface area (Å²) in [6, 6.07) is 11.2. The van der Waals surface area contributed by atoms with E-state index in [4.69, 9.17) is 21.6 Å². The minimum absolute atomic E-state index is 0.0711. The van der Waals surface area contributed by atoms with E-state index in [-0.39, 0.29) is 17.7 Å². The maximum Gasteiger partial charge on any atom is 0.138 e. The van der Waals surface area contributed by atoms with Gasteiger partial charge in [-0.15, -0.1) is 0 Å². The second-order valence-electron chi connectivity index (χ2n) is 7.14. The normalized spacial score (nSPS) is 12.4. The number of nitriles is 1. The molecule has 0 spiro atoms. The predicted molar refractivity (Wildman–Crippen MR) is 107 cm³/mol. The van der Waals surface area contributed by atoms with E-state index in [0.29, 0.717) is 17.3 Å². The Kier molecular flexibility index (Phi) is 7.61. The second kappa shape index (κ2) is 9.70. The van der Waals surface area contributed by atoms with E-state index in [0.717, 1.165) is 18.5 Å². The molecule has 0 aliphatic rings. The van der Waals surface area contributed by atoms with Gasteiger partial charge in [0, 0.05) is 30.4 Å². The van der Waals surface area contributed by atoms with E-state index in [1.54, 1.807) is 18.2 Å². The number of aliphatic hydroxyl groups is 1. The first-order chi connectivity index (χ1) is 12.8. The van der Waals surface area contributed by atoms with Gasteiger partial charge in [-0.05, 0) is 50.1 Å². The van der Waals surface area contributed by atoms with Crippen LogP contribution < -0.4 is 10.1 Å². The lowest BCUT2D eigenvalue weighted by atomic mass is 9.96. The highest BCUT2D eigenvalue weighted by atomic mass is 35.5. The Hall–Kier alpha value is -2.13. The third-order valence-corrected chi connectivity index (χ3v) is 4.56. The summed E-state index contributed by atoms with van der Waals surface area (Å²) >= 11 is 5.98. The van der Waals surface area contributed by atoms with Gasteiger partial charge in [-0.3, -0.25) is 4.98 Å². The molecular weight excluding hydrogens is 362 g/mol. The molecule has 144 valence electrons. The SMILES string of the molecule is CCc1ccnc(CC(C)(C)NCC(O)COc2cccc(Cl)c2C#N)c1. The van der Waals surface area contributed by atoms with Crippen LogP contribution in [-0.4, -0.2) is 34.9 Å². The molecule has 1 aromatic heterocycles. The topological polar surface area (TPSA) is 78.2 Å². The lowest BCUT2D eigenvalue weighted by molar-refractivity contribution is 0.0986. The molecular formula is C21H26ClN3O2. The van der Waals surface area contributed by atoms with Gasteiger partial charge in [-0.2, -0.15) is 5.26 Å². The van der Waals surface area contributed by atoms with Crippen LogP contribution in [0, 0.1) is 11.3 Å². The average molecular weight is 388 g/mol. The van der Waals surface area contributed by atoms with Crippen LogP contribution in [0.1, 0.15) is 37.6 Å². The number of nitrogens with zero attached hydrogens (tertiary/aromatic N) is 2. The summed E-state index contributed by atoms with van der Waals surface area (Å²) in [6.07, 6.45) is 2.85.